The monoisotopic (exact) mass is 498 g/mol. The number of ketones is 1. The molecular formula is C30H34N4O3. The summed E-state index contributed by atoms with van der Waals surface area (Å²) < 4.78 is 5.59. The Kier molecular flexibility index (Phi) is 7.26. The standard InChI is InChI=1S/C30H34N4O3/c1-34(2)18-28(36)25-14-19(8-13-27(25)33-21-9-11-22(35)12-10-21)20-15-24-26(17-32-30(24)31-16-20)23-6-4-5-7-29(23)37-3/h4-8,13-17,21-22,33,35H,9-12,18H2,1-3H3,(H,31,32). The zero-order valence-electron chi connectivity index (χ0n) is 21.6. The number of aliphatic hydroxyl groups excluding tert-OH is 1. The molecule has 1 saturated carbocycles. The van der Waals surface area contributed by atoms with Gasteiger partial charge in [-0.3, -0.25) is 4.79 Å². The molecule has 0 aliphatic heterocycles. The second kappa shape index (κ2) is 10.7. The van der Waals surface area contributed by atoms with Crippen molar-refractivity contribution in [3.05, 3.63) is 66.5 Å². The second-order valence-corrected chi connectivity index (χ2v) is 10.1. The van der Waals surface area contributed by atoms with Crippen LogP contribution in [-0.2, 0) is 0 Å². The first kappa shape index (κ1) is 25.0. The first-order valence-electron chi connectivity index (χ1n) is 12.8. The van der Waals surface area contributed by atoms with Gasteiger partial charge in [0.25, 0.3) is 0 Å². The molecule has 5 rings (SSSR count). The smallest absolute Gasteiger partial charge is 0.178 e. The van der Waals surface area contributed by atoms with Gasteiger partial charge in [-0.1, -0.05) is 24.3 Å². The third kappa shape index (κ3) is 5.38. The number of aromatic nitrogens is 2. The summed E-state index contributed by atoms with van der Waals surface area (Å²) in [5, 5.41) is 14.5. The van der Waals surface area contributed by atoms with Gasteiger partial charge in [0.1, 0.15) is 11.4 Å². The number of hydrogen-bond acceptors (Lipinski definition) is 6. The molecule has 0 unspecified atom stereocenters. The Labute approximate surface area is 217 Å². The molecule has 0 bridgehead atoms. The van der Waals surface area contributed by atoms with E-state index in [0.717, 1.165) is 70.4 Å². The van der Waals surface area contributed by atoms with E-state index in [1.165, 1.54) is 0 Å². The van der Waals surface area contributed by atoms with E-state index in [1.54, 1.807) is 7.11 Å². The van der Waals surface area contributed by atoms with Gasteiger partial charge in [-0.05, 0) is 69.6 Å². The van der Waals surface area contributed by atoms with Crippen molar-refractivity contribution in [2.45, 2.75) is 37.8 Å². The lowest BCUT2D eigenvalue weighted by atomic mass is 9.92. The number of carbonyl (C=O) groups excluding carboxylic acids is 1. The Hall–Kier alpha value is -3.68. The van der Waals surface area contributed by atoms with Crippen LogP contribution < -0.4 is 10.1 Å². The maximum atomic E-state index is 13.3. The summed E-state index contributed by atoms with van der Waals surface area (Å²) in [6, 6.07) is 16.3. The van der Waals surface area contributed by atoms with Gasteiger partial charge >= 0.3 is 0 Å². The molecule has 4 aromatic rings. The fourth-order valence-corrected chi connectivity index (χ4v) is 5.14. The minimum atomic E-state index is -0.216. The lowest BCUT2D eigenvalue weighted by Crippen LogP contribution is -2.29. The van der Waals surface area contributed by atoms with E-state index in [2.05, 4.69) is 21.4 Å². The Morgan fingerprint density at radius 3 is 2.62 bits per heavy atom. The van der Waals surface area contributed by atoms with Crippen molar-refractivity contribution in [1.29, 1.82) is 0 Å². The molecule has 0 amide bonds. The van der Waals surface area contributed by atoms with Crippen LogP contribution in [0.25, 0.3) is 33.3 Å². The van der Waals surface area contributed by atoms with Gasteiger partial charge in [0.15, 0.2) is 5.78 Å². The number of benzene rings is 2. The molecule has 1 fully saturated rings. The van der Waals surface area contributed by atoms with Crippen LogP contribution in [0.3, 0.4) is 0 Å². The number of nitrogens with zero attached hydrogens (tertiary/aromatic N) is 2. The zero-order chi connectivity index (χ0) is 25.9. The average Bonchev–Trinajstić information content (AvgIpc) is 3.33. The number of Topliss-reactive ketones (excluding diaryl/α,β-unsaturated/α-hetero) is 1. The highest BCUT2D eigenvalue weighted by Gasteiger charge is 2.22. The van der Waals surface area contributed by atoms with Gasteiger partial charge in [0.05, 0.1) is 19.8 Å². The van der Waals surface area contributed by atoms with E-state index in [-0.39, 0.29) is 17.9 Å². The lowest BCUT2D eigenvalue weighted by Gasteiger charge is -2.28. The van der Waals surface area contributed by atoms with Crippen molar-refractivity contribution in [1.82, 2.24) is 14.9 Å². The van der Waals surface area contributed by atoms with Crippen LogP contribution in [0, 0.1) is 0 Å². The average molecular weight is 499 g/mol. The second-order valence-electron chi connectivity index (χ2n) is 10.1. The summed E-state index contributed by atoms with van der Waals surface area (Å²) in [5.74, 6) is 0.867. The van der Waals surface area contributed by atoms with E-state index in [4.69, 9.17) is 4.74 Å². The molecule has 192 valence electrons. The molecule has 2 aromatic heterocycles. The van der Waals surface area contributed by atoms with Gasteiger partial charge in [-0.25, -0.2) is 4.98 Å². The number of para-hydroxylation sites is 1. The number of pyridine rings is 1. The molecule has 0 saturated heterocycles. The lowest BCUT2D eigenvalue weighted by molar-refractivity contribution is 0.0958. The number of H-pyrrole nitrogens is 1. The minimum absolute atomic E-state index is 0.0654. The molecule has 0 spiro atoms. The van der Waals surface area contributed by atoms with Crippen LogP contribution in [0.2, 0.25) is 0 Å². The van der Waals surface area contributed by atoms with Crippen molar-refractivity contribution in [3.8, 4) is 28.0 Å². The van der Waals surface area contributed by atoms with E-state index in [9.17, 15) is 9.90 Å². The molecule has 7 heteroatoms. The molecule has 3 N–H and O–H groups in total. The molecule has 1 aliphatic carbocycles. The summed E-state index contributed by atoms with van der Waals surface area (Å²) in [6.45, 7) is 0.328. The summed E-state index contributed by atoms with van der Waals surface area (Å²) in [6.07, 6.45) is 6.94. The number of likely N-dealkylation sites (N-methyl/N-ethyl adjacent to an activating group) is 1. The van der Waals surface area contributed by atoms with Crippen LogP contribution in [0.5, 0.6) is 5.75 Å². The van der Waals surface area contributed by atoms with Gasteiger partial charge < -0.3 is 25.0 Å². The van der Waals surface area contributed by atoms with Crippen molar-refractivity contribution in [2.24, 2.45) is 0 Å². The number of anilines is 1. The Balaban J connectivity index is 1.53. The number of hydrogen-bond donors (Lipinski definition) is 3. The highest BCUT2D eigenvalue weighted by Crippen LogP contribution is 2.36. The Bertz CT molecular complexity index is 1400. The minimum Gasteiger partial charge on any atom is -0.496 e. The maximum Gasteiger partial charge on any atom is 0.178 e. The normalized spacial score (nSPS) is 17.8. The summed E-state index contributed by atoms with van der Waals surface area (Å²) in [4.78, 5) is 23.1. The summed E-state index contributed by atoms with van der Waals surface area (Å²) >= 11 is 0. The maximum absolute atomic E-state index is 13.3. The van der Waals surface area contributed by atoms with Gasteiger partial charge in [-0.15, -0.1) is 0 Å². The number of aromatic amines is 1. The summed E-state index contributed by atoms with van der Waals surface area (Å²) in [7, 11) is 5.48. The van der Waals surface area contributed by atoms with Crippen molar-refractivity contribution in [3.63, 3.8) is 0 Å². The van der Waals surface area contributed by atoms with Gasteiger partial charge in [0, 0.05) is 51.8 Å². The largest absolute Gasteiger partial charge is 0.496 e. The number of rotatable bonds is 8. The Morgan fingerprint density at radius 2 is 1.86 bits per heavy atom. The van der Waals surface area contributed by atoms with Gasteiger partial charge in [-0.2, -0.15) is 0 Å². The molecule has 1 aliphatic rings. The number of carbonyl (C=O) groups is 1. The highest BCUT2D eigenvalue weighted by atomic mass is 16.5. The molecule has 0 atom stereocenters. The zero-order valence-corrected chi connectivity index (χ0v) is 21.6. The molecule has 2 heterocycles. The number of fused-ring (bicyclic) bond motifs is 1. The summed E-state index contributed by atoms with van der Waals surface area (Å²) in [5.41, 5.74) is 6.21. The Morgan fingerprint density at radius 1 is 1.08 bits per heavy atom. The first-order chi connectivity index (χ1) is 17.9. The predicted octanol–water partition coefficient (Wildman–Crippen LogP) is 5.37. The van der Waals surface area contributed by atoms with Crippen LogP contribution in [-0.4, -0.2) is 65.7 Å². The third-order valence-electron chi connectivity index (χ3n) is 7.10. The van der Waals surface area contributed by atoms with Gasteiger partial charge in [0.2, 0.25) is 0 Å². The third-order valence-corrected chi connectivity index (χ3v) is 7.10. The number of nitrogens with one attached hydrogen (secondary N) is 2. The first-order valence-corrected chi connectivity index (χ1v) is 12.8. The number of methoxy groups -OCH3 is 1. The van der Waals surface area contributed by atoms with E-state index >= 15 is 0 Å². The van der Waals surface area contributed by atoms with Crippen molar-refractivity contribution < 1.29 is 14.6 Å². The fraction of sp³-hybridized carbons (Fsp3) is 0.333. The number of aliphatic hydroxyl groups is 1. The van der Waals surface area contributed by atoms with E-state index in [0.29, 0.717) is 12.1 Å². The van der Waals surface area contributed by atoms with Crippen LogP contribution in [0.15, 0.2) is 60.9 Å². The van der Waals surface area contributed by atoms with Crippen LogP contribution >= 0.6 is 0 Å². The molecule has 7 nitrogen and oxygen atoms in total. The molecule has 37 heavy (non-hydrogen) atoms. The molecule has 0 radical (unpaired) electrons. The SMILES string of the molecule is COc1ccccc1-c1c[nH]c2ncc(-c3ccc(NC4CCC(O)CC4)c(C(=O)CN(C)C)c3)cc12. The number of ether oxygens (including phenoxy) is 1. The van der Waals surface area contributed by atoms with Crippen molar-refractivity contribution in [2.75, 3.05) is 33.1 Å². The van der Waals surface area contributed by atoms with Crippen LogP contribution in [0.1, 0.15) is 36.0 Å². The highest BCUT2D eigenvalue weighted by molar-refractivity contribution is 6.04. The van der Waals surface area contributed by atoms with E-state index in [1.807, 2.05) is 73.9 Å². The van der Waals surface area contributed by atoms with Crippen molar-refractivity contribution >= 4 is 22.5 Å². The quantitative estimate of drug-likeness (QED) is 0.283. The topological polar surface area (TPSA) is 90.5 Å². The molecular weight excluding hydrogens is 464 g/mol. The molecule has 2 aromatic carbocycles. The van der Waals surface area contributed by atoms with E-state index < -0.39 is 0 Å². The fourth-order valence-electron chi connectivity index (χ4n) is 5.14. The van der Waals surface area contributed by atoms with Crippen LogP contribution in [0.4, 0.5) is 5.69 Å². The predicted molar refractivity (Wildman–Crippen MR) is 148 cm³/mol.